The van der Waals surface area contributed by atoms with E-state index < -0.39 is 5.97 Å². The Balaban J connectivity index is 2.01. The molecule has 0 fully saturated rings. The molecule has 2 rings (SSSR count). The van der Waals surface area contributed by atoms with Gasteiger partial charge in [0.15, 0.2) is 10.7 Å². The number of carboxylic acid groups (broad SMARTS) is 1. The second-order valence-corrected chi connectivity index (χ2v) is 4.69. The van der Waals surface area contributed by atoms with Crippen LogP contribution in [0.5, 0.6) is 0 Å². The van der Waals surface area contributed by atoms with E-state index in [1.807, 2.05) is 13.0 Å². The van der Waals surface area contributed by atoms with Gasteiger partial charge < -0.3 is 10.4 Å². The van der Waals surface area contributed by atoms with Crippen molar-refractivity contribution in [3.05, 3.63) is 45.7 Å². The summed E-state index contributed by atoms with van der Waals surface area (Å²) in [6, 6.07) is 1.82. The molecule has 0 atom stereocenters. The van der Waals surface area contributed by atoms with Crippen LogP contribution in [-0.2, 0) is 6.54 Å². The van der Waals surface area contributed by atoms with Crippen LogP contribution in [0.1, 0.15) is 31.4 Å². The smallest absolute Gasteiger partial charge is 0.355 e. The van der Waals surface area contributed by atoms with Crippen molar-refractivity contribution < 1.29 is 14.7 Å². The number of aryl methyl sites for hydroxylation is 1. The summed E-state index contributed by atoms with van der Waals surface area (Å²) in [5, 5.41) is 12.9. The molecule has 0 radical (unpaired) electrons. The summed E-state index contributed by atoms with van der Waals surface area (Å²) in [6.07, 6.45) is 3.37. The highest BCUT2D eigenvalue weighted by molar-refractivity contribution is 7.11. The molecule has 1 amide bonds. The van der Waals surface area contributed by atoms with Gasteiger partial charge in [-0.2, -0.15) is 0 Å². The maximum atomic E-state index is 11.8. The fourth-order valence-corrected chi connectivity index (χ4v) is 2.13. The summed E-state index contributed by atoms with van der Waals surface area (Å²) in [7, 11) is 0. The lowest BCUT2D eigenvalue weighted by molar-refractivity contribution is 0.0691. The molecule has 0 unspecified atom stereocenters. The number of aromatic carboxylic acids is 1. The van der Waals surface area contributed by atoms with Crippen LogP contribution in [0.25, 0.3) is 0 Å². The second-order valence-electron chi connectivity index (χ2n) is 3.83. The first-order valence-corrected chi connectivity index (χ1v) is 6.32. The Kier molecular flexibility index (Phi) is 3.86. The minimum absolute atomic E-state index is 0.116. The van der Waals surface area contributed by atoms with Crippen molar-refractivity contribution in [1.82, 2.24) is 15.3 Å². The first-order chi connectivity index (χ1) is 9.08. The molecule has 0 aromatic carbocycles. The first-order valence-electron chi connectivity index (χ1n) is 5.44. The zero-order valence-electron chi connectivity index (χ0n) is 10.1. The van der Waals surface area contributed by atoms with Crippen molar-refractivity contribution in [2.24, 2.45) is 0 Å². The molecule has 0 spiro atoms. The van der Waals surface area contributed by atoms with Gasteiger partial charge in [0.25, 0.3) is 5.91 Å². The standard InChI is InChI=1S/C12H11N3O3S/c1-7-4-13-3-2-8(7)5-14-10(16)11-15-9(6-19-11)12(17)18/h2-4,6H,5H2,1H3,(H,14,16)(H,17,18). The van der Waals surface area contributed by atoms with Gasteiger partial charge in [0.1, 0.15) is 0 Å². The van der Waals surface area contributed by atoms with Gasteiger partial charge in [0.2, 0.25) is 0 Å². The van der Waals surface area contributed by atoms with E-state index in [2.05, 4.69) is 15.3 Å². The van der Waals surface area contributed by atoms with E-state index in [1.54, 1.807) is 12.4 Å². The molecular weight excluding hydrogens is 266 g/mol. The van der Waals surface area contributed by atoms with E-state index in [1.165, 1.54) is 5.38 Å². The zero-order chi connectivity index (χ0) is 13.8. The molecule has 6 nitrogen and oxygen atoms in total. The fourth-order valence-electron chi connectivity index (χ4n) is 1.43. The Hall–Kier alpha value is -2.28. The molecule has 2 heterocycles. The Bertz CT molecular complexity index is 624. The number of carboxylic acids is 1. The van der Waals surface area contributed by atoms with E-state index in [9.17, 15) is 9.59 Å². The van der Waals surface area contributed by atoms with Gasteiger partial charge in [-0.05, 0) is 24.1 Å². The predicted molar refractivity (Wildman–Crippen MR) is 69.2 cm³/mol. The van der Waals surface area contributed by atoms with Crippen molar-refractivity contribution in [2.45, 2.75) is 13.5 Å². The lowest BCUT2D eigenvalue weighted by Crippen LogP contribution is -2.23. The number of thiazole rings is 1. The van der Waals surface area contributed by atoms with Crippen LogP contribution >= 0.6 is 11.3 Å². The van der Waals surface area contributed by atoms with E-state index in [-0.39, 0.29) is 16.6 Å². The molecule has 98 valence electrons. The monoisotopic (exact) mass is 277 g/mol. The molecule has 0 aliphatic rings. The lowest BCUT2D eigenvalue weighted by atomic mass is 10.1. The summed E-state index contributed by atoms with van der Waals surface area (Å²) < 4.78 is 0. The Morgan fingerprint density at radius 2 is 2.26 bits per heavy atom. The molecule has 2 aromatic heterocycles. The number of amides is 1. The number of carbonyl (C=O) groups is 2. The van der Waals surface area contributed by atoms with Gasteiger partial charge in [0.05, 0.1) is 0 Å². The summed E-state index contributed by atoms with van der Waals surface area (Å²) >= 11 is 1.01. The first kappa shape index (κ1) is 13.2. The quantitative estimate of drug-likeness (QED) is 0.883. The Labute approximate surface area is 113 Å². The van der Waals surface area contributed by atoms with Crippen molar-refractivity contribution in [2.75, 3.05) is 0 Å². The molecule has 0 bridgehead atoms. The van der Waals surface area contributed by atoms with Crippen LogP contribution in [-0.4, -0.2) is 27.0 Å². The number of aromatic nitrogens is 2. The molecule has 0 saturated carbocycles. The highest BCUT2D eigenvalue weighted by Crippen LogP contribution is 2.10. The average molecular weight is 277 g/mol. The number of carbonyl (C=O) groups excluding carboxylic acids is 1. The largest absolute Gasteiger partial charge is 0.476 e. The van der Waals surface area contributed by atoms with Crippen molar-refractivity contribution >= 4 is 23.2 Å². The lowest BCUT2D eigenvalue weighted by Gasteiger charge is -2.05. The molecule has 2 N–H and O–H groups in total. The number of hydrogen-bond acceptors (Lipinski definition) is 5. The Morgan fingerprint density at radius 3 is 2.89 bits per heavy atom. The zero-order valence-corrected chi connectivity index (χ0v) is 10.9. The third-order valence-electron chi connectivity index (χ3n) is 2.49. The second kappa shape index (κ2) is 5.57. The van der Waals surface area contributed by atoms with Gasteiger partial charge in [-0.25, -0.2) is 9.78 Å². The number of nitrogens with one attached hydrogen (secondary N) is 1. The third kappa shape index (κ3) is 3.14. The van der Waals surface area contributed by atoms with Crippen molar-refractivity contribution in [1.29, 1.82) is 0 Å². The molecule has 7 heteroatoms. The summed E-state index contributed by atoms with van der Waals surface area (Å²) in [5.41, 5.74) is 1.82. The van der Waals surface area contributed by atoms with Gasteiger partial charge >= 0.3 is 5.97 Å². The molecular formula is C12H11N3O3S. The number of rotatable bonds is 4. The minimum Gasteiger partial charge on any atom is -0.476 e. The fraction of sp³-hybridized carbons (Fsp3) is 0.167. The van der Waals surface area contributed by atoms with Crippen LogP contribution in [0, 0.1) is 6.92 Å². The maximum Gasteiger partial charge on any atom is 0.355 e. The molecule has 2 aromatic rings. The SMILES string of the molecule is Cc1cnccc1CNC(=O)c1nc(C(=O)O)cs1. The summed E-state index contributed by atoms with van der Waals surface area (Å²) in [5.74, 6) is -1.52. The Morgan fingerprint density at radius 1 is 1.47 bits per heavy atom. The topological polar surface area (TPSA) is 92.2 Å². The average Bonchev–Trinajstić information content (AvgIpc) is 2.87. The van der Waals surface area contributed by atoms with E-state index in [0.717, 1.165) is 22.5 Å². The molecule has 19 heavy (non-hydrogen) atoms. The van der Waals surface area contributed by atoms with Crippen LogP contribution < -0.4 is 5.32 Å². The van der Waals surface area contributed by atoms with Crippen LogP contribution in [0.3, 0.4) is 0 Å². The van der Waals surface area contributed by atoms with Crippen LogP contribution in [0.15, 0.2) is 23.8 Å². The third-order valence-corrected chi connectivity index (χ3v) is 3.33. The van der Waals surface area contributed by atoms with E-state index >= 15 is 0 Å². The minimum atomic E-state index is -1.14. The van der Waals surface area contributed by atoms with Crippen LogP contribution in [0.2, 0.25) is 0 Å². The van der Waals surface area contributed by atoms with Gasteiger partial charge in [0, 0.05) is 24.3 Å². The van der Waals surface area contributed by atoms with Gasteiger partial charge in [-0.3, -0.25) is 9.78 Å². The molecule has 0 saturated heterocycles. The van der Waals surface area contributed by atoms with Crippen molar-refractivity contribution in [3.8, 4) is 0 Å². The van der Waals surface area contributed by atoms with Crippen LogP contribution in [0.4, 0.5) is 0 Å². The number of nitrogens with zero attached hydrogens (tertiary/aromatic N) is 2. The van der Waals surface area contributed by atoms with E-state index in [4.69, 9.17) is 5.11 Å². The summed E-state index contributed by atoms with van der Waals surface area (Å²) in [4.78, 5) is 30.2. The van der Waals surface area contributed by atoms with E-state index in [0.29, 0.717) is 6.54 Å². The highest BCUT2D eigenvalue weighted by Gasteiger charge is 2.14. The number of pyridine rings is 1. The summed E-state index contributed by atoms with van der Waals surface area (Å²) in [6.45, 7) is 2.26. The highest BCUT2D eigenvalue weighted by atomic mass is 32.1. The van der Waals surface area contributed by atoms with Crippen molar-refractivity contribution in [3.63, 3.8) is 0 Å². The maximum absolute atomic E-state index is 11.8. The molecule has 0 aliphatic heterocycles. The van der Waals surface area contributed by atoms with Gasteiger partial charge in [-0.1, -0.05) is 0 Å². The van der Waals surface area contributed by atoms with Gasteiger partial charge in [-0.15, -0.1) is 11.3 Å². The molecule has 0 aliphatic carbocycles. The normalized spacial score (nSPS) is 10.2. The predicted octanol–water partition coefficient (Wildman–Crippen LogP) is 1.47. The number of hydrogen-bond donors (Lipinski definition) is 2.